The zero-order valence-corrected chi connectivity index (χ0v) is 16.5. The molecule has 1 saturated heterocycles. The Morgan fingerprint density at radius 2 is 2.00 bits per heavy atom. The van der Waals surface area contributed by atoms with Gasteiger partial charge >= 0.3 is 0 Å². The smallest absolute Gasteiger partial charge is 0.262 e. The number of amides is 1. The number of anilines is 1. The van der Waals surface area contributed by atoms with Gasteiger partial charge in [0.05, 0.1) is 23.2 Å². The number of likely N-dealkylation sites (tertiary alicyclic amines) is 1. The molecule has 1 aliphatic rings. The normalized spacial score (nSPS) is 16.7. The first-order valence-corrected chi connectivity index (χ1v) is 10.5. The zero-order chi connectivity index (χ0) is 19.5. The highest BCUT2D eigenvalue weighted by atomic mass is 32.2. The van der Waals surface area contributed by atoms with E-state index in [9.17, 15) is 13.2 Å². The molecule has 0 bridgehead atoms. The van der Waals surface area contributed by atoms with Crippen LogP contribution in [0.3, 0.4) is 0 Å². The molecule has 1 fully saturated rings. The van der Waals surface area contributed by atoms with Gasteiger partial charge in [0.15, 0.2) is 0 Å². The molecule has 0 aliphatic carbocycles. The molecule has 2 heterocycles. The lowest BCUT2D eigenvalue weighted by Gasteiger charge is -2.38. The van der Waals surface area contributed by atoms with Gasteiger partial charge < -0.3 is 4.90 Å². The molecule has 7 heteroatoms. The summed E-state index contributed by atoms with van der Waals surface area (Å²) in [6, 6.07) is 9.94. The fraction of sp³-hybridized carbons (Fsp3) is 0.400. The van der Waals surface area contributed by atoms with Crippen molar-refractivity contribution in [1.29, 1.82) is 0 Å². The fourth-order valence-electron chi connectivity index (χ4n) is 3.46. The molecular weight excluding hydrogens is 362 g/mol. The molecule has 0 atom stereocenters. The maximum absolute atomic E-state index is 12.8. The molecule has 0 radical (unpaired) electrons. The molecule has 144 valence electrons. The van der Waals surface area contributed by atoms with E-state index in [2.05, 4.69) is 23.6 Å². The van der Waals surface area contributed by atoms with Gasteiger partial charge in [-0.15, -0.1) is 0 Å². The van der Waals surface area contributed by atoms with E-state index < -0.39 is 10.0 Å². The van der Waals surface area contributed by atoms with Crippen molar-refractivity contribution in [1.82, 2.24) is 9.88 Å². The van der Waals surface area contributed by atoms with E-state index in [1.54, 1.807) is 36.5 Å². The van der Waals surface area contributed by atoms with Gasteiger partial charge in [-0.1, -0.05) is 32.0 Å². The number of rotatable bonds is 5. The number of carbonyl (C=O) groups excluding carboxylic acids is 1. The van der Waals surface area contributed by atoms with Gasteiger partial charge in [-0.05, 0) is 42.0 Å². The lowest BCUT2D eigenvalue weighted by molar-refractivity contribution is -0.133. The molecule has 0 unspecified atom stereocenters. The van der Waals surface area contributed by atoms with E-state index in [4.69, 9.17) is 0 Å². The summed E-state index contributed by atoms with van der Waals surface area (Å²) >= 11 is 0. The fourth-order valence-corrected chi connectivity index (χ4v) is 4.74. The largest absolute Gasteiger partial charge is 0.342 e. The van der Waals surface area contributed by atoms with E-state index in [0.29, 0.717) is 17.8 Å². The first-order valence-electron chi connectivity index (χ1n) is 9.05. The van der Waals surface area contributed by atoms with Crippen molar-refractivity contribution >= 4 is 21.6 Å². The van der Waals surface area contributed by atoms with Crippen LogP contribution in [-0.4, -0.2) is 37.3 Å². The highest BCUT2D eigenvalue weighted by Gasteiger charge is 2.30. The Morgan fingerprint density at radius 1 is 1.22 bits per heavy atom. The molecule has 3 rings (SSSR count). The van der Waals surface area contributed by atoms with Gasteiger partial charge in [-0.25, -0.2) is 8.42 Å². The minimum Gasteiger partial charge on any atom is -0.342 e. The van der Waals surface area contributed by atoms with Gasteiger partial charge in [0.2, 0.25) is 5.91 Å². The van der Waals surface area contributed by atoms with Gasteiger partial charge in [0.1, 0.15) is 0 Å². The highest BCUT2D eigenvalue weighted by molar-refractivity contribution is 7.92. The number of nitrogens with zero attached hydrogens (tertiary/aromatic N) is 2. The highest BCUT2D eigenvalue weighted by Crippen LogP contribution is 2.29. The minimum absolute atomic E-state index is 0.0354. The van der Waals surface area contributed by atoms with Crippen molar-refractivity contribution in [2.75, 3.05) is 17.8 Å². The number of piperidine rings is 1. The van der Waals surface area contributed by atoms with E-state index in [-0.39, 0.29) is 22.6 Å². The molecule has 1 amide bonds. The summed E-state index contributed by atoms with van der Waals surface area (Å²) in [6.45, 7) is 5.74. The van der Waals surface area contributed by atoms with Crippen LogP contribution in [-0.2, 0) is 21.2 Å². The second-order valence-corrected chi connectivity index (χ2v) is 9.37. The quantitative estimate of drug-likeness (QED) is 0.855. The summed E-state index contributed by atoms with van der Waals surface area (Å²) < 4.78 is 28.2. The van der Waals surface area contributed by atoms with Crippen LogP contribution in [0.25, 0.3) is 0 Å². The number of sulfonamides is 1. The van der Waals surface area contributed by atoms with Crippen molar-refractivity contribution < 1.29 is 13.2 Å². The molecule has 27 heavy (non-hydrogen) atoms. The predicted octanol–water partition coefficient (Wildman–Crippen LogP) is 3.07. The Hall–Kier alpha value is -2.41. The first-order chi connectivity index (χ1) is 12.8. The number of hydrogen-bond acceptors (Lipinski definition) is 4. The summed E-state index contributed by atoms with van der Waals surface area (Å²) in [7, 11) is -3.80. The van der Waals surface area contributed by atoms with Crippen LogP contribution in [0.5, 0.6) is 0 Å². The molecule has 1 aliphatic heterocycles. The molecule has 1 aromatic carbocycles. The monoisotopic (exact) mass is 387 g/mol. The van der Waals surface area contributed by atoms with Crippen molar-refractivity contribution in [2.45, 2.75) is 38.0 Å². The number of aromatic nitrogens is 1. The maximum atomic E-state index is 12.8. The van der Waals surface area contributed by atoms with Crippen molar-refractivity contribution in [2.24, 2.45) is 5.41 Å². The zero-order valence-electron chi connectivity index (χ0n) is 15.7. The van der Waals surface area contributed by atoms with E-state index in [1.165, 1.54) is 12.3 Å². The Morgan fingerprint density at radius 3 is 2.70 bits per heavy atom. The third kappa shape index (κ3) is 4.86. The Kier molecular flexibility index (Phi) is 5.51. The molecule has 0 saturated carbocycles. The molecule has 1 aromatic heterocycles. The molecular formula is C20H25N3O3S. The van der Waals surface area contributed by atoms with Crippen LogP contribution in [0, 0.1) is 5.41 Å². The van der Waals surface area contributed by atoms with Crippen molar-refractivity contribution in [3.05, 3.63) is 54.4 Å². The van der Waals surface area contributed by atoms with Crippen molar-refractivity contribution in [3.63, 3.8) is 0 Å². The predicted molar refractivity (Wildman–Crippen MR) is 105 cm³/mol. The third-order valence-corrected chi connectivity index (χ3v) is 6.25. The van der Waals surface area contributed by atoms with Crippen LogP contribution in [0.15, 0.2) is 53.7 Å². The minimum atomic E-state index is -3.80. The van der Waals surface area contributed by atoms with Crippen molar-refractivity contribution in [3.8, 4) is 0 Å². The lowest BCUT2D eigenvalue weighted by Crippen LogP contribution is -2.44. The van der Waals surface area contributed by atoms with Crippen LogP contribution in [0.4, 0.5) is 5.69 Å². The summed E-state index contributed by atoms with van der Waals surface area (Å²) in [6.07, 6.45) is 5.16. The second-order valence-electron chi connectivity index (χ2n) is 7.71. The third-order valence-electron chi connectivity index (χ3n) is 4.77. The van der Waals surface area contributed by atoms with Gasteiger partial charge in [-0.3, -0.25) is 14.5 Å². The number of hydrogen-bond donors (Lipinski definition) is 1. The average molecular weight is 388 g/mol. The Labute approximate surface area is 160 Å². The summed E-state index contributed by atoms with van der Waals surface area (Å²) in [5.74, 6) is -0.0354. The topological polar surface area (TPSA) is 79.4 Å². The van der Waals surface area contributed by atoms with Crippen LogP contribution >= 0.6 is 0 Å². The average Bonchev–Trinajstić information content (AvgIpc) is 2.61. The molecule has 2 aromatic rings. The van der Waals surface area contributed by atoms with Gasteiger partial charge in [0, 0.05) is 19.3 Å². The van der Waals surface area contributed by atoms with Crippen LogP contribution < -0.4 is 4.72 Å². The number of pyridine rings is 1. The molecule has 1 N–H and O–H groups in total. The first kappa shape index (κ1) is 19.4. The molecule has 0 spiro atoms. The number of nitrogens with one attached hydrogen (secondary N) is 1. The summed E-state index contributed by atoms with van der Waals surface area (Å²) in [4.78, 5) is 18.7. The number of benzene rings is 1. The van der Waals surface area contributed by atoms with Gasteiger partial charge in [-0.2, -0.15) is 0 Å². The van der Waals surface area contributed by atoms with Gasteiger partial charge in [0.25, 0.3) is 10.0 Å². The maximum Gasteiger partial charge on any atom is 0.262 e. The Bertz CT molecular complexity index is 911. The summed E-state index contributed by atoms with van der Waals surface area (Å²) in [5, 5.41) is 0. The summed E-state index contributed by atoms with van der Waals surface area (Å²) in [5.41, 5.74) is 0.986. The van der Waals surface area contributed by atoms with E-state index >= 15 is 0 Å². The SMILES string of the molecule is CC1(C)CCCN(C(=O)Cc2ccccc2S(=O)(=O)Nc2cccnc2)C1. The lowest BCUT2D eigenvalue weighted by atomic mass is 9.84. The van der Waals surface area contributed by atoms with E-state index in [0.717, 1.165) is 19.4 Å². The van der Waals surface area contributed by atoms with E-state index in [1.807, 2.05) is 4.90 Å². The second kappa shape index (κ2) is 7.68. The molecule has 6 nitrogen and oxygen atoms in total. The standard InChI is InChI=1S/C20H25N3O3S/c1-20(2)10-6-12-23(15-20)19(24)13-16-7-3-4-9-18(16)27(25,26)22-17-8-5-11-21-14-17/h3-5,7-9,11,14,22H,6,10,12-13,15H2,1-2H3. The Balaban J connectivity index is 1.80. The van der Waals surface area contributed by atoms with Crippen LogP contribution in [0.1, 0.15) is 32.3 Å². The number of carbonyl (C=O) groups is 1. The van der Waals surface area contributed by atoms with Crippen LogP contribution in [0.2, 0.25) is 0 Å².